The molecule has 0 radical (unpaired) electrons. The molecule has 0 fully saturated rings. The second-order valence-electron chi connectivity index (χ2n) is 22.8. The minimum absolute atomic E-state index is 0.788. The predicted octanol–water partition coefficient (Wildman–Crippen LogP) is 23.4. The van der Waals surface area contributed by atoms with Crippen LogP contribution in [-0.4, -0.2) is 0 Å². The van der Waals surface area contributed by atoms with E-state index >= 15 is 0 Å². The van der Waals surface area contributed by atoms with Crippen molar-refractivity contribution in [1.29, 1.82) is 0 Å². The molecule has 13 aromatic carbocycles. The van der Waals surface area contributed by atoms with Gasteiger partial charge in [-0.1, -0.05) is 248 Å². The lowest BCUT2D eigenvalue weighted by Crippen LogP contribution is -2.13. The van der Waals surface area contributed by atoms with Crippen LogP contribution >= 0.6 is 0 Å². The molecule has 1 aliphatic carbocycles. The van der Waals surface area contributed by atoms with Gasteiger partial charge >= 0.3 is 0 Å². The van der Waals surface area contributed by atoms with Crippen LogP contribution in [0.5, 0.6) is 0 Å². The van der Waals surface area contributed by atoms with Crippen molar-refractivity contribution in [2.75, 3.05) is 9.80 Å². The lowest BCUT2D eigenvalue weighted by Gasteiger charge is -2.31. The summed E-state index contributed by atoms with van der Waals surface area (Å²) in [6, 6.07) is 103. The quantitative estimate of drug-likeness (QED) is 0.113. The molecule has 0 N–H and O–H groups in total. The number of benzene rings is 13. The Bertz CT molecular complexity index is 4760. The Morgan fingerprint density at radius 1 is 0.271 bits per heavy atom. The largest absolute Gasteiger partial charge is 0.310 e. The van der Waals surface area contributed by atoms with E-state index < -0.39 is 0 Å². The summed E-state index contributed by atoms with van der Waals surface area (Å²) in [6.07, 6.45) is 5.33. The zero-order valence-corrected chi connectivity index (χ0v) is 48.5. The second kappa shape index (κ2) is 22.3. The molecule has 0 spiro atoms. The molecule has 85 heavy (non-hydrogen) atoms. The number of rotatable bonds is 12. The fourth-order valence-electron chi connectivity index (χ4n) is 12.9. The van der Waals surface area contributed by atoms with Gasteiger partial charge in [-0.2, -0.15) is 0 Å². The van der Waals surface area contributed by atoms with E-state index in [1.165, 1.54) is 116 Å². The van der Waals surface area contributed by atoms with Crippen LogP contribution < -0.4 is 9.80 Å². The van der Waals surface area contributed by atoms with Gasteiger partial charge in [0.1, 0.15) is 0 Å². The van der Waals surface area contributed by atoms with Gasteiger partial charge in [0, 0.05) is 33.5 Å². The van der Waals surface area contributed by atoms with Crippen molar-refractivity contribution in [3.05, 3.63) is 337 Å². The summed E-state index contributed by atoms with van der Waals surface area (Å²) in [5, 5.41) is 7.14. The summed E-state index contributed by atoms with van der Waals surface area (Å²) >= 11 is 0. The molecule has 406 valence electrons. The second-order valence-corrected chi connectivity index (χ2v) is 22.8. The van der Waals surface area contributed by atoms with E-state index in [9.17, 15) is 0 Å². The van der Waals surface area contributed by atoms with Gasteiger partial charge in [-0.15, -0.1) is 0 Å². The number of anilines is 6. The van der Waals surface area contributed by atoms with Gasteiger partial charge in [0.25, 0.3) is 0 Å². The fraction of sp³-hybridized carbons (Fsp3) is 0.0602. The van der Waals surface area contributed by atoms with E-state index in [1.54, 1.807) is 0 Å². The van der Waals surface area contributed by atoms with E-state index in [2.05, 4.69) is 335 Å². The Morgan fingerprint density at radius 2 is 0.635 bits per heavy atom. The monoisotopic (exact) mass is 1090 g/mol. The SMILES string of the molecule is C=C1CC(c2cccc(-c3ccccc3)c2)=CC=C1c1ccc(N(c2ccc(C)cc2C)c2cc3c4ccccc4c(N(c4ccc(-c5ccc(-c6cccc(-c7ccccc7)c6)cc5)cc4)c4ccc(C)cc4C)cc3c3ccccc23)cc1. The molecule has 2 heteroatoms. The highest BCUT2D eigenvalue weighted by molar-refractivity contribution is 6.24. The molecule has 14 rings (SSSR count). The molecule has 0 bridgehead atoms. The average molecular weight is 1090 g/mol. The first-order chi connectivity index (χ1) is 41.7. The van der Waals surface area contributed by atoms with Crippen LogP contribution in [0.4, 0.5) is 34.1 Å². The van der Waals surface area contributed by atoms with Crippen LogP contribution in [-0.2, 0) is 0 Å². The minimum atomic E-state index is 0.788. The van der Waals surface area contributed by atoms with Crippen LogP contribution in [0.3, 0.4) is 0 Å². The summed E-state index contributed by atoms with van der Waals surface area (Å²) in [5.74, 6) is 0. The molecule has 13 aromatic rings. The van der Waals surface area contributed by atoms with E-state index in [0.717, 1.165) is 51.7 Å². The topological polar surface area (TPSA) is 6.48 Å². The van der Waals surface area contributed by atoms with Crippen molar-refractivity contribution in [3.63, 3.8) is 0 Å². The van der Waals surface area contributed by atoms with Gasteiger partial charge in [0.15, 0.2) is 0 Å². The van der Waals surface area contributed by atoms with Crippen molar-refractivity contribution >= 4 is 77.6 Å². The van der Waals surface area contributed by atoms with Crippen LogP contribution in [0, 0.1) is 27.7 Å². The molecular weight excluding hydrogens is 1020 g/mol. The maximum absolute atomic E-state index is 4.66. The Kier molecular flexibility index (Phi) is 13.8. The third-order valence-corrected chi connectivity index (χ3v) is 17.2. The average Bonchev–Trinajstić information content (AvgIpc) is 0.993. The van der Waals surface area contributed by atoms with Gasteiger partial charge in [-0.25, -0.2) is 0 Å². The van der Waals surface area contributed by atoms with Gasteiger partial charge in [-0.3, -0.25) is 0 Å². The van der Waals surface area contributed by atoms with Crippen molar-refractivity contribution in [1.82, 2.24) is 0 Å². The molecule has 0 saturated carbocycles. The Labute approximate surface area is 499 Å². The molecule has 0 unspecified atom stereocenters. The maximum atomic E-state index is 4.66. The first-order valence-corrected chi connectivity index (χ1v) is 29.5. The Morgan fingerprint density at radius 3 is 1.08 bits per heavy atom. The molecule has 0 heterocycles. The van der Waals surface area contributed by atoms with Crippen molar-refractivity contribution in [2.45, 2.75) is 34.1 Å². The van der Waals surface area contributed by atoms with Crippen LogP contribution in [0.1, 0.15) is 39.8 Å². The van der Waals surface area contributed by atoms with Gasteiger partial charge < -0.3 is 9.80 Å². The Balaban J connectivity index is 0.855. The summed E-state index contributed by atoms with van der Waals surface area (Å²) in [6.45, 7) is 13.5. The standard InChI is InChI=1S/C83H64N2/c1-55-30-46-80(58(4)48-55)84(71-41-36-63(37-42-71)62-32-34-64(35-33-62)68-24-16-22-66(51-68)60-18-8-6-9-19-60)82-53-78-75-27-13-15-29-77(75)83(54-79(78)74-26-12-14-28-76(74)82)85(81-47-31-56(2)49-59(81)5)72-43-38-65(39-44-72)73-45-40-70(50-57(73)3)69-25-17-23-67(52-69)61-20-10-7-11-21-61/h6-49,51-54H,3,50H2,1-2,4-5H3. The molecule has 2 nitrogen and oxygen atoms in total. The number of hydrogen-bond donors (Lipinski definition) is 0. The smallest absolute Gasteiger partial charge is 0.0546 e. The highest BCUT2D eigenvalue weighted by Gasteiger charge is 2.25. The zero-order chi connectivity index (χ0) is 57.5. The number of fused-ring (bicyclic) bond motifs is 5. The lowest BCUT2D eigenvalue weighted by molar-refractivity contribution is 1.24. The third kappa shape index (κ3) is 10.1. The van der Waals surface area contributed by atoms with Crippen LogP contribution in [0.25, 0.3) is 88.0 Å². The summed E-state index contributed by atoms with van der Waals surface area (Å²) in [5.41, 5.74) is 27.2. The third-order valence-electron chi connectivity index (χ3n) is 17.2. The van der Waals surface area contributed by atoms with Crippen molar-refractivity contribution < 1.29 is 0 Å². The van der Waals surface area contributed by atoms with E-state index in [1.807, 2.05) is 0 Å². The highest BCUT2D eigenvalue weighted by Crippen LogP contribution is 2.49. The van der Waals surface area contributed by atoms with E-state index in [-0.39, 0.29) is 0 Å². The fourth-order valence-corrected chi connectivity index (χ4v) is 12.9. The molecule has 0 amide bonds. The molecule has 0 aromatic heterocycles. The van der Waals surface area contributed by atoms with Gasteiger partial charge in [-0.05, 0) is 200 Å². The van der Waals surface area contributed by atoms with E-state index in [4.69, 9.17) is 0 Å². The summed E-state index contributed by atoms with van der Waals surface area (Å²) < 4.78 is 0. The molecule has 0 atom stereocenters. The first kappa shape index (κ1) is 52.5. The molecular formula is C83H64N2. The first-order valence-electron chi connectivity index (χ1n) is 29.5. The van der Waals surface area contributed by atoms with Crippen molar-refractivity contribution in [2.24, 2.45) is 0 Å². The number of nitrogens with zero attached hydrogens (tertiary/aromatic N) is 2. The molecule has 0 aliphatic heterocycles. The van der Waals surface area contributed by atoms with Gasteiger partial charge in [0.2, 0.25) is 0 Å². The Hall–Kier alpha value is -10.5. The lowest BCUT2D eigenvalue weighted by atomic mass is 9.86. The van der Waals surface area contributed by atoms with Crippen LogP contribution in [0.2, 0.25) is 0 Å². The summed E-state index contributed by atoms with van der Waals surface area (Å²) in [4.78, 5) is 4.96. The minimum Gasteiger partial charge on any atom is -0.310 e. The normalized spacial score (nSPS) is 12.4. The zero-order valence-electron chi connectivity index (χ0n) is 48.5. The van der Waals surface area contributed by atoms with E-state index in [0.29, 0.717) is 0 Å². The summed E-state index contributed by atoms with van der Waals surface area (Å²) in [7, 11) is 0. The van der Waals surface area contributed by atoms with Gasteiger partial charge in [0.05, 0.1) is 11.4 Å². The number of aryl methyl sites for hydroxylation is 4. The number of allylic oxidation sites excluding steroid dienone is 5. The molecule has 0 saturated heterocycles. The van der Waals surface area contributed by atoms with Crippen molar-refractivity contribution in [3.8, 4) is 44.5 Å². The maximum Gasteiger partial charge on any atom is 0.0546 e. The highest BCUT2D eigenvalue weighted by atomic mass is 15.2. The van der Waals surface area contributed by atoms with Crippen LogP contribution in [0.15, 0.2) is 303 Å². The number of hydrogen-bond acceptors (Lipinski definition) is 2. The molecule has 1 aliphatic rings. The predicted molar refractivity (Wildman–Crippen MR) is 365 cm³/mol.